The molecule has 2 aliphatic rings. The number of nitro groups is 1. The lowest BCUT2D eigenvalue weighted by atomic mass is 9.80. The van der Waals surface area contributed by atoms with Crippen LogP contribution in [0.4, 0.5) is 37.2 Å². The predicted molar refractivity (Wildman–Crippen MR) is 133 cm³/mol. The zero-order chi connectivity index (χ0) is 28.1. The zero-order valence-electron chi connectivity index (χ0n) is 20.3. The van der Waals surface area contributed by atoms with Crippen LogP contribution in [0, 0.1) is 22.0 Å². The number of nitro benzene ring substituents is 1. The van der Waals surface area contributed by atoms with Crippen LogP contribution in [0.25, 0.3) is 10.1 Å². The topological polar surface area (TPSA) is 79.6 Å². The van der Waals surface area contributed by atoms with E-state index in [4.69, 9.17) is 0 Å². The van der Waals surface area contributed by atoms with Gasteiger partial charge >= 0.3 is 12.4 Å². The molecule has 0 radical (unpaired) electrons. The first-order chi connectivity index (χ1) is 18.3. The van der Waals surface area contributed by atoms with Crippen molar-refractivity contribution in [1.82, 2.24) is 9.88 Å². The summed E-state index contributed by atoms with van der Waals surface area (Å²) >= 11 is 0.842. The molecule has 14 heteroatoms. The number of aromatic nitrogens is 1. The van der Waals surface area contributed by atoms with Crippen LogP contribution in [0.2, 0.25) is 0 Å². The first-order valence-electron chi connectivity index (χ1n) is 12.1. The molecular weight excluding hydrogens is 550 g/mol. The van der Waals surface area contributed by atoms with E-state index in [1.807, 2.05) is 4.90 Å². The van der Waals surface area contributed by atoms with E-state index in [-0.39, 0.29) is 15.7 Å². The number of nitrogens with zero attached hydrogens (tertiary/aromatic N) is 4. The average Bonchev–Trinajstić information content (AvgIpc) is 2.87. The van der Waals surface area contributed by atoms with Crippen molar-refractivity contribution in [1.29, 1.82) is 0 Å². The molecule has 0 aliphatic carbocycles. The highest BCUT2D eigenvalue weighted by Crippen LogP contribution is 2.40. The quantitative estimate of drug-likeness (QED) is 0.218. The molecule has 5 rings (SSSR count). The van der Waals surface area contributed by atoms with Crippen molar-refractivity contribution >= 4 is 32.2 Å². The van der Waals surface area contributed by atoms with Gasteiger partial charge in [-0.05, 0) is 55.0 Å². The second-order valence-electron chi connectivity index (χ2n) is 9.90. The van der Waals surface area contributed by atoms with Gasteiger partial charge in [-0.3, -0.25) is 19.8 Å². The van der Waals surface area contributed by atoms with E-state index in [0.717, 1.165) is 55.0 Å². The van der Waals surface area contributed by atoms with E-state index in [9.17, 15) is 41.3 Å². The zero-order valence-corrected chi connectivity index (χ0v) is 21.1. The fraction of sp³-hybridized carbons (Fsp3) is 0.440. The van der Waals surface area contributed by atoms with Crippen LogP contribution in [0.15, 0.2) is 41.2 Å². The SMILES string of the molecule is O=c1nc(N2CCC3CN(Cc4ccc(C(F)(F)F)cc4)CCC3C2)sc2c([N+](=O)[O-])cc(C(F)(F)F)cc12. The van der Waals surface area contributed by atoms with Crippen LogP contribution in [0.5, 0.6) is 0 Å². The third-order valence-electron chi connectivity index (χ3n) is 7.37. The Morgan fingerprint density at radius 1 is 0.949 bits per heavy atom. The van der Waals surface area contributed by atoms with Gasteiger partial charge in [-0.1, -0.05) is 23.5 Å². The van der Waals surface area contributed by atoms with E-state index < -0.39 is 45.0 Å². The minimum atomic E-state index is -4.85. The normalized spacial score (nSPS) is 20.7. The Bertz CT molecular complexity index is 1460. The monoisotopic (exact) mass is 572 g/mol. The van der Waals surface area contributed by atoms with Crippen LogP contribution in [-0.4, -0.2) is 41.0 Å². The molecule has 208 valence electrons. The Balaban J connectivity index is 1.30. The summed E-state index contributed by atoms with van der Waals surface area (Å²) in [4.78, 5) is 31.4. The van der Waals surface area contributed by atoms with Gasteiger partial charge in [0, 0.05) is 32.2 Å². The number of hydrogen-bond donors (Lipinski definition) is 0. The van der Waals surface area contributed by atoms with Crippen molar-refractivity contribution in [3.05, 3.63) is 73.6 Å². The van der Waals surface area contributed by atoms with E-state index in [1.54, 1.807) is 0 Å². The number of halogens is 6. The van der Waals surface area contributed by atoms with Crippen molar-refractivity contribution < 1.29 is 31.3 Å². The van der Waals surface area contributed by atoms with Crippen LogP contribution in [0.1, 0.15) is 29.5 Å². The van der Waals surface area contributed by atoms with Gasteiger partial charge in [0.2, 0.25) is 0 Å². The predicted octanol–water partition coefficient (Wildman–Crippen LogP) is 5.95. The molecule has 7 nitrogen and oxygen atoms in total. The summed E-state index contributed by atoms with van der Waals surface area (Å²) < 4.78 is 78.0. The molecule has 0 amide bonds. The third kappa shape index (κ3) is 5.71. The molecule has 39 heavy (non-hydrogen) atoms. The molecule has 2 saturated heterocycles. The number of benzene rings is 2. The molecule has 3 heterocycles. The standard InChI is InChI=1S/C25H22F6N4O3S/c26-24(27,28)17-3-1-14(2-4-17)11-33-7-5-16-13-34(8-6-15(16)12-33)23-32-22(36)19-9-18(25(29,30)31)10-20(35(37)38)21(19)39-23/h1-4,9-10,15-16H,5-8,11-13H2. The van der Waals surface area contributed by atoms with E-state index in [1.165, 1.54) is 12.1 Å². The average molecular weight is 573 g/mol. The fourth-order valence-electron chi connectivity index (χ4n) is 5.37. The molecule has 2 aliphatic heterocycles. The van der Waals surface area contributed by atoms with Gasteiger partial charge in [-0.25, -0.2) is 0 Å². The van der Waals surface area contributed by atoms with Gasteiger partial charge in [0.1, 0.15) is 4.70 Å². The Hall–Kier alpha value is -3.26. The van der Waals surface area contributed by atoms with Gasteiger partial charge in [-0.15, -0.1) is 0 Å². The van der Waals surface area contributed by atoms with Crippen LogP contribution in [0.3, 0.4) is 0 Å². The highest BCUT2D eigenvalue weighted by atomic mass is 32.1. The number of hydrogen-bond acceptors (Lipinski definition) is 7. The smallest absolute Gasteiger partial charge is 0.348 e. The first kappa shape index (κ1) is 27.3. The van der Waals surface area contributed by atoms with E-state index in [2.05, 4.69) is 9.88 Å². The number of anilines is 1. The molecule has 1 aromatic heterocycles. The van der Waals surface area contributed by atoms with Gasteiger partial charge in [0.15, 0.2) is 5.13 Å². The van der Waals surface area contributed by atoms with Crippen LogP contribution >= 0.6 is 11.3 Å². The summed E-state index contributed by atoms with van der Waals surface area (Å²) in [6.45, 7) is 3.07. The molecule has 0 saturated carbocycles. The summed E-state index contributed by atoms with van der Waals surface area (Å²) in [5.74, 6) is 0.551. The number of fused-ring (bicyclic) bond motifs is 2. The second-order valence-corrected chi connectivity index (χ2v) is 10.9. The highest BCUT2D eigenvalue weighted by Gasteiger charge is 2.37. The molecule has 2 aromatic carbocycles. The largest absolute Gasteiger partial charge is 0.416 e. The third-order valence-corrected chi connectivity index (χ3v) is 8.54. The number of rotatable bonds is 4. The minimum Gasteiger partial charge on any atom is -0.348 e. The molecule has 2 fully saturated rings. The molecule has 2 atom stereocenters. The molecule has 0 bridgehead atoms. The van der Waals surface area contributed by atoms with Gasteiger partial charge in [0.25, 0.3) is 11.2 Å². The second kappa shape index (κ2) is 10.0. The Labute approximate surface area is 221 Å². The van der Waals surface area contributed by atoms with E-state index >= 15 is 0 Å². The Kier molecular flexibility index (Phi) is 7.04. The van der Waals surface area contributed by atoms with E-state index in [0.29, 0.717) is 37.7 Å². The van der Waals surface area contributed by atoms with Crippen molar-refractivity contribution in [2.24, 2.45) is 11.8 Å². The molecule has 0 N–H and O–H groups in total. The minimum absolute atomic E-state index is 0.142. The molecule has 2 unspecified atom stereocenters. The van der Waals surface area contributed by atoms with Crippen molar-refractivity contribution in [3.63, 3.8) is 0 Å². The maximum atomic E-state index is 13.2. The summed E-state index contributed by atoms with van der Waals surface area (Å²) in [6, 6.07) is 6.19. The molecule has 0 spiro atoms. The Morgan fingerprint density at radius 2 is 1.59 bits per heavy atom. The summed E-state index contributed by atoms with van der Waals surface area (Å²) in [7, 11) is 0. The van der Waals surface area contributed by atoms with Crippen molar-refractivity contribution in [2.75, 3.05) is 31.1 Å². The van der Waals surface area contributed by atoms with Gasteiger partial charge in [0.05, 0.1) is 21.4 Å². The molecule has 3 aromatic rings. The van der Waals surface area contributed by atoms with Crippen molar-refractivity contribution in [2.45, 2.75) is 31.7 Å². The van der Waals surface area contributed by atoms with Gasteiger partial charge < -0.3 is 4.90 Å². The lowest BCUT2D eigenvalue weighted by Crippen LogP contribution is -2.49. The number of alkyl halides is 6. The summed E-state index contributed by atoms with van der Waals surface area (Å²) in [6.07, 6.45) is -7.68. The summed E-state index contributed by atoms with van der Waals surface area (Å²) in [5.41, 5.74) is -2.89. The number of piperidine rings is 2. The maximum Gasteiger partial charge on any atom is 0.416 e. The van der Waals surface area contributed by atoms with Gasteiger partial charge in [-0.2, -0.15) is 31.3 Å². The molecular formula is C25H22F6N4O3S. The van der Waals surface area contributed by atoms with Crippen LogP contribution in [-0.2, 0) is 18.9 Å². The first-order valence-corrected chi connectivity index (χ1v) is 12.9. The maximum absolute atomic E-state index is 13.2. The highest BCUT2D eigenvalue weighted by molar-refractivity contribution is 7.22. The lowest BCUT2D eigenvalue weighted by molar-refractivity contribution is -0.383. The number of likely N-dealkylation sites (tertiary alicyclic amines) is 1. The lowest BCUT2D eigenvalue weighted by Gasteiger charge is -2.45. The Morgan fingerprint density at radius 3 is 2.23 bits per heavy atom. The summed E-state index contributed by atoms with van der Waals surface area (Å²) in [5, 5.41) is 11.4. The van der Waals surface area contributed by atoms with Crippen molar-refractivity contribution in [3.8, 4) is 0 Å². The fourth-order valence-corrected chi connectivity index (χ4v) is 6.47. The van der Waals surface area contributed by atoms with Crippen LogP contribution < -0.4 is 10.5 Å². The number of non-ortho nitro benzene ring substituents is 1.